The first-order chi connectivity index (χ1) is 14.0. The van der Waals surface area contributed by atoms with Gasteiger partial charge in [-0.15, -0.1) is 4.40 Å². The van der Waals surface area contributed by atoms with E-state index in [4.69, 9.17) is 0 Å². The lowest BCUT2D eigenvalue weighted by Crippen LogP contribution is -2.50. The van der Waals surface area contributed by atoms with Crippen LogP contribution in [0.15, 0.2) is 57.8 Å². The van der Waals surface area contributed by atoms with Crippen molar-refractivity contribution in [3.63, 3.8) is 0 Å². The molecule has 0 aliphatic carbocycles. The number of sulfonamides is 1. The molecule has 7 nitrogen and oxygen atoms in total. The Bertz CT molecular complexity index is 1040. The van der Waals surface area contributed by atoms with Crippen molar-refractivity contribution >= 4 is 27.5 Å². The van der Waals surface area contributed by atoms with Gasteiger partial charge in [0.1, 0.15) is 10.7 Å². The van der Waals surface area contributed by atoms with Gasteiger partial charge in [-0.2, -0.15) is 8.42 Å². The molecule has 1 fully saturated rings. The van der Waals surface area contributed by atoms with Crippen LogP contribution in [0.2, 0.25) is 0 Å². The van der Waals surface area contributed by atoms with Gasteiger partial charge in [-0.05, 0) is 36.2 Å². The molecule has 4 rings (SSSR count). The lowest BCUT2D eigenvalue weighted by atomic mass is 10.1. The molecule has 0 unspecified atom stereocenters. The highest BCUT2D eigenvalue weighted by atomic mass is 32.2. The number of para-hydroxylation sites is 1. The van der Waals surface area contributed by atoms with Crippen LogP contribution in [0.25, 0.3) is 0 Å². The van der Waals surface area contributed by atoms with Crippen LogP contribution < -0.4 is 5.32 Å². The Kier molecular flexibility index (Phi) is 5.38. The smallest absolute Gasteiger partial charge is 0.286 e. The van der Waals surface area contributed by atoms with E-state index in [0.29, 0.717) is 49.8 Å². The molecule has 1 N–H and O–H groups in total. The Labute approximate surface area is 171 Å². The number of anilines is 1. The van der Waals surface area contributed by atoms with Gasteiger partial charge in [0.05, 0.1) is 12.2 Å². The predicted octanol–water partition coefficient (Wildman–Crippen LogP) is 2.22. The molecule has 1 amide bonds. The van der Waals surface area contributed by atoms with Gasteiger partial charge in [-0.25, -0.2) is 0 Å². The maximum Gasteiger partial charge on any atom is 0.286 e. The summed E-state index contributed by atoms with van der Waals surface area (Å²) in [4.78, 5) is 16.9. The maximum atomic E-state index is 12.7. The summed E-state index contributed by atoms with van der Waals surface area (Å²) in [6.07, 6.45) is 0.950. The predicted molar refractivity (Wildman–Crippen MR) is 113 cm³/mol. The third kappa shape index (κ3) is 4.18. The number of benzene rings is 2. The number of carbonyl (C=O) groups excluding carboxylic acids is 1. The van der Waals surface area contributed by atoms with E-state index in [2.05, 4.69) is 21.5 Å². The van der Waals surface area contributed by atoms with Crippen molar-refractivity contribution in [1.82, 2.24) is 9.80 Å². The highest BCUT2D eigenvalue weighted by Crippen LogP contribution is 2.26. The molecule has 2 heterocycles. The number of nitrogens with one attached hydrogen (secondary N) is 1. The second kappa shape index (κ2) is 7.96. The number of amides is 1. The van der Waals surface area contributed by atoms with E-state index < -0.39 is 10.0 Å². The van der Waals surface area contributed by atoms with Gasteiger partial charge in [0, 0.05) is 31.7 Å². The van der Waals surface area contributed by atoms with E-state index in [1.54, 1.807) is 24.3 Å². The number of aryl methyl sites for hydroxylation is 1. The van der Waals surface area contributed by atoms with Crippen LogP contribution in [0.5, 0.6) is 0 Å². The minimum atomic E-state index is -3.67. The second-order valence-corrected chi connectivity index (χ2v) is 8.83. The number of piperazine rings is 1. The number of amidine groups is 1. The van der Waals surface area contributed by atoms with Gasteiger partial charge in [0.15, 0.2) is 0 Å². The summed E-state index contributed by atoms with van der Waals surface area (Å²) in [5, 5.41) is 3.12. The molecule has 8 heteroatoms. The van der Waals surface area contributed by atoms with E-state index in [1.165, 1.54) is 5.56 Å². The first-order valence-electron chi connectivity index (χ1n) is 9.77. The topological polar surface area (TPSA) is 82.1 Å². The van der Waals surface area contributed by atoms with Crippen LogP contribution in [0, 0.1) is 0 Å². The van der Waals surface area contributed by atoms with Crippen LogP contribution in [0.1, 0.15) is 22.8 Å². The average molecular weight is 413 g/mol. The quantitative estimate of drug-likeness (QED) is 0.833. The van der Waals surface area contributed by atoms with Crippen LogP contribution in [0.4, 0.5) is 5.69 Å². The third-order valence-corrected chi connectivity index (χ3v) is 6.69. The van der Waals surface area contributed by atoms with Crippen LogP contribution in [-0.2, 0) is 16.4 Å². The summed E-state index contributed by atoms with van der Waals surface area (Å²) in [5.74, 6) is 0.454. The molecule has 29 heavy (non-hydrogen) atoms. The molecular formula is C21H24N4O3S. The van der Waals surface area contributed by atoms with E-state index in [1.807, 2.05) is 29.2 Å². The molecule has 0 aromatic heterocycles. The fraction of sp³-hybridized carbons (Fsp3) is 0.333. The average Bonchev–Trinajstić information content (AvgIpc) is 2.73. The van der Waals surface area contributed by atoms with Crippen LogP contribution in [0.3, 0.4) is 0 Å². The zero-order valence-electron chi connectivity index (χ0n) is 16.3. The van der Waals surface area contributed by atoms with E-state index in [0.717, 1.165) is 6.42 Å². The van der Waals surface area contributed by atoms with Crippen molar-refractivity contribution < 1.29 is 13.2 Å². The first-order valence-corrected chi connectivity index (χ1v) is 11.2. The number of nitrogens with zero attached hydrogens (tertiary/aromatic N) is 3. The molecule has 0 spiro atoms. The van der Waals surface area contributed by atoms with Gasteiger partial charge in [-0.1, -0.05) is 31.2 Å². The minimum absolute atomic E-state index is 0.0388. The second-order valence-electron chi connectivity index (χ2n) is 7.25. The fourth-order valence-electron chi connectivity index (χ4n) is 3.62. The summed E-state index contributed by atoms with van der Waals surface area (Å²) in [6, 6.07) is 14.5. The van der Waals surface area contributed by atoms with Crippen LogP contribution in [-0.4, -0.2) is 62.7 Å². The van der Waals surface area contributed by atoms with Gasteiger partial charge < -0.3 is 10.2 Å². The van der Waals surface area contributed by atoms with Gasteiger partial charge in [-0.3, -0.25) is 9.69 Å². The molecule has 0 bridgehead atoms. The fourth-order valence-corrected chi connectivity index (χ4v) is 4.76. The van der Waals surface area contributed by atoms with Gasteiger partial charge in [0.25, 0.3) is 15.9 Å². The van der Waals surface area contributed by atoms with Crippen molar-refractivity contribution in [3.8, 4) is 0 Å². The molecule has 1 saturated heterocycles. The lowest BCUT2D eigenvalue weighted by Gasteiger charge is -2.35. The summed E-state index contributed by atoms with van der Waals surface area (Å²) >= 11 is 0. The number of rotatable bonds is 4. The van der Waals surface area contributed by atoms with E-state index >= 15 is 0 Å². The molecular weight excluding hydrogens is 388 g/mol. The van der Waals surface area contributed by atoms with Gasteiger partial charge in [0.2, 0.25) is 0 Å². The highest BCUT2D eigenvalue weighted by Gasteiger charge is 2.27. The highest BCUT2D eigenvalue weighted by molar-refractivity contribution is 7.90. The van der Waals surface area contributed by atoms with Crippen molar-refractivity contribution in [3.05, 3.63) is 59.7 Å². The number of carbonyl (C=O) groups is 1. The Morgan fingerprint density at radius 1 is 1.03 bits per heavy atom. The third-order valence-electron chi connectivity index (χ3n) is 5.32. The first kappa shape index (κ1) is 19.6. The summed E-state index contributed by atoms with van der Waals surface area (Å²) in [6.45, 7) is 5.03. The summed E-state index contributed by atoms with van der Waals surface area (Å²) < 4.78 is 28.7. The number of hydrogen-bond acceptors (Lipinski definition) is 5. The minimum Gasteiger partial charge on any atom is -0.341 e. The monoisotopic (exact) mass is 412 g/mol. The van der Waals surface area contributed by atoms with E-state index in [9.17, 15) is 13.2 Å². The standard InChI is InChI=1S/C21H24N4O3S/c1-2-16-7-9-17(10-8-16)21(26)25-13-11-24(12-14-25)15-20-22-18-5-3-4-6-19(18)29(27,28)23-20/h3-10H,2,11-15H2,1H3,(H,22,23). The Hall–Kier alpha value is -2.71. The van der Waals surface area contributed by atoms with Gasteiger partial charge >= 0.3 is 0 Å². The van der Waals surface area contributed by atoms with Crippen molar-refractivity contribution in [2.45, 2.75) is 18.2 Å². The van der Waals surface area contributed by atoms with Crippen LogP contribution >= 0.6 is 0 Å². The largest absolute Gasteiger partial charge is 0.341 e. The van der Waals surface area contributed by atoms with E-state index in [-0.39, 0.29) is 10.8 Å². The van der Waals surface area contributed by atoms with Crippen molar-refractivity contribution in [2.24, 2.45) is 4.40 Å². The zero-order valence-corrected chi connectivity index (χ0v) is 17.2. The Morgan fingerprint density at radius 2 is 1.72 bits per heavy atom. The molecule has 152 valence electrons. The van der Waals surface area contributed by atoms with Crippen molar-refractivity contribution in [2.75, 3.05) is 38.0 Å². The zero-order chi connectivity index (χ0) is 20.4. The molecule has 2 aliphatic heterocycles. The molecule has 2 aliphatic rings. The molecule has 2 aromatic rings. The Balaban J connectivity index is 1.37. The molecule has 0 saturated carbocycles. The number of fused-ring (bicyclic) bond motifs is 1. The molecule has 0 atom stereocenters. The Morgan fingerprint density at radius 3 is 2.41 bits per heavy atom. The molecule has 2 aromatic carbocycles. The maximum absolute atomic E-state index is 12.7. The lowest BCUT2D eigenvalue weighted by molar-refractivity contribution is 0.0654. The van der Waals surface area contributed by atoms with Crippen molar-refractivity contribution in [1.29, 1.82) is 0 Å². The summed E-state index contributed by atoms with van der Waals surface area (Å²) in [5.41, 5.74) is 2.47. The SMILES string of the molecule is CCc1ccc(C(=O)N2CCN(CC3=NS(=O)(=O)c4ccccc4N3)CC2)cc1. The summed E-state index contributed by atoms with van der Waals surface area (Å²) in [7, 11) is -3.67. The molecule has 0 radical (unpaired) electrons. The normalized spacial score (nSPS) is 18.5. The number of hydrogen-bond donors (Lipinski definition) is 1.